The molecular weight excluding hydrogens is 258 g/mol. The summed E-state index contributed by atoms with van der Waals surface area (Å²) < 4.78 is 5.33. The Morgan fingerprint density at radius 3 is 2.05 bits per heavy atom. The highest BCUT2D eigenvalue weighted by molar-refractivity contribution is 5.74. The molecule has 0 aromatic heterocycles. The molecule has 0 radical (unpaired) electrons. The summed E-state index contributed by atoms with van der Waals surface area (Å²) in [6.07, 6.45) is 1.53. The van der Waals surface area contributed by atoms with Crippen LogP contribution in [0.2, 0.25) is 0 Å². The highest BCUT2D eigenvalue weighted by atomic mass is 16.6. The Labute approximate surface area is 120 Å². The van der Waals surface area contributed by atoms with Gasteiger partial charge in [-0.2, -0.15) is 0 Å². The Hall–Kier alpha value is -1.26. The average molecular weight is 283 g/mol. The second-order valence-electron chi connectivity index (χ2n) is 7.97. The van der Waals surface area contributed by atoms with Crippen LogP contribution < -0.4 is 0 Å². The molecule has 1 N–H and O–H groups in total. The fraction of sp³-hybridized carbons (Fsp3) is 0.867. The van der Waals surface area contributed by atoms with Gasteiger partial charge >= 0.3 is 12.1 Å². The summed E-state index contributed by atoms with van der Waals surface area (Å²) in [6.45, 7) is 10.6. The maximum Gasteiger partial charge on any atom is 0.410 e. The molecule has 1 spiro atoms. The van der Waals surface area contributed by atoms with Crippen molar-refractivity contribution in [3.63, 3.8) is 0 Å². The number of hydrogen-bond donors (Lipinski definition) is 1. The molecule has 2 aliphatic rings. The SMILES string of the molecule is CC(C)(C)OC(=O)N1CC2(CC(C(C)(C)C(=O)O)C2)C1. The van der Waals surface area contributed by atoms with Crippen molar-refractivity contribution in [2.75, 3.05) is 13.1 Å². The second-order valence-corrected chi connectivity index (χ2v) is 7.97. The van der Waals surface area contributed by atoms with Gasteiger partial charge in [0.05, 0.1) is 5.41 Å². The Bertz CT molecular complexity index is 422. The first-order valence-electron chi connectivity index (χ1n) is 7.17. The van der Waals surface area contributed by atoms with Gasteiger partial charge in [-0.15, -0.1) is 0 Å². The summed E-state index contributed by atoms with van der Waals surface area (Å²) >= 11 is 0. The topological polar surface area (TPSA) is 66.8 Å². The Kier molecular flexibility index (Phi) is 3.30. The highest BCUT2D eigenvalue weighted by Crippen LogP contribution is 2.57. The van der Waals surface area contributed by atoms with Crippen LogP contribution in [0.4, 0.5) is 4.79 Å². The zero-order chi connectivity index (χ0) is 15.3. The molecule has 114 valence electrons. The number of hydrogen-bond acceptors (Lipinski definition) is 3. The number of amides is 1. The van der Waals surface area contributed by atoms with Crippen molar-refractivity contribution in [2.24, 2.45) is 16.7 Å². The molecule has 0 aromatic carbocycles. The molecule has 1 aliphatic carbocycles. The van der Waals surface area contributed by atoms with Gasteiger partial charge in [-0.05, 0) is 53.4 Å². The first-order chi connectivity index (χ1) is 8.95. The first-order valence-corrected chi connectivity index (χ1v) is 7.17. The molecule has 1 saturated carbocycles. The molecule has 0 atom stereocenters. The number of ether oxygens (including phenoxy) is 1. The van der Waals surface area contributed by atoms with Crippen molar-refractivity contribution in [3.05, 3.63) is 0 Å². The van der Waals surface area contributed by atoms with E-state index in [0.717, 1.165) is 12.8 Å². The van der Waals surface area contributed by atoms with E-state index in [-0.39, 0.29) is 17.4 Å². The van der Waals surface area contributed by atoms with Gasteiger partial charge in [0.1, 0.15) is 5.60 Å². The van der Waals surface area contributed by atoms with Crippen molar-refractivity contribution < 1.29 is 19.4 Å². The van der Waals surface area contributed by atoms with Crippen LogP contribution in [-0.4, -0.2) is 40.8 Å². The third-order valence-corrected chi connectivity index (χ3v) is 4.63. The van der Waals surface area contributed by atoms with Gasteiger partial charge in [0.15, 0.2) is 0 Å². The maximum atomic E-state index is 11.9. The van der Waals surface area contributed by atoms with E-state index in [1.165, 1.54) is 0 Å². The summed E-state index contributed by atoms with van der Waals surface area (Å²) in [5, 5.41) is 9.22. The number of carboxylic acids is 1. The quantitative estimate of drug-likeness (QED) is 0.846. The monoisotopic (exact) mass is 283 g/mol. The first kappa shape index (κ1) is 15.1. The van der Waals surface area contributed by atoms with E-state index in [0.29, 0.717) is 13.1 Å². The standard InChI is InChI=1S/C15H25NO4/c1-13(2,3)20-12(19)16-8-15(9-16)6-10(7-15)14(4,5)11(17)18/h10H,6-9H2,1-5H3,(H,17,18). The van der Waals surface area contributed by atoms with Crippen molar-refractivity contribution >= 4 is 12.1 Å². The zero-order valence-electron chi connectivity index (χ0n) is 13.0. The number of nitrogens with zero attached hydrogens (tertiary/aromatic N) is 1. The maximum absolute atomic E-state index is 11.9. The molecule has 5 heteroatoms. The minimum Gasteiger partial charge on any atom is -0.481 e. The molecule has 1 heterocycles. The molecule has 0 unspecified atom stereocenters. The van der Waals surface area contributed by atoms with Gasteiger partial charge in [0.25, 0.3) is 0 Å². The minimum atomic E-state index is -0.735. The van der Waals surface area contributed by atoms with Crippen LogP contribution in [0, 0.1) is 16.7 Å². The van der Waals surface area contributed by atoms with Crippen LogP contribution >= 0.6 is 0 Å². The van der Waals surface area contributed by atoms with E-state index < -0.39 is 17.0 Å². The van der Waals surface area contributed by atoms with Crippen LogP contribution in [0.15, 0.2) is 0 Å². The number of likely N-dealkylation sites (tertiary alicyclic amines) is 1. The number of carboxylic acid groups (broad SMARTS) is 1. The zero-order valence-corrected chi connectivity index (χ0v) is 13.0. The van der Waals surface area contributed by atoms with Crippen molar-refractivity contribution in [1.82, 2.24) is 4.90 Å². The largest absolute Gasteiger partial charge is 0.481 e. The van der Waals surface area contributed by atoms with Crippen molar-refractivity contribution in [3.8, 4) is 0 Å². The molecule has 1 amide bonds. The highest BCUT2D eigenvalue weighted by Gasteiger charge is 2.58. The van der Waals surface area contributed by atoms with Gasteiger partial charge < -0.3 is 14.7 Å². The number of aliphatic carboxylic acids is 1. The normalized spacial score (nSPS) is 22.1. The van der Waals surface area contributed by atoms with E-state index in [4.69, 9.17) is 4.74 Å². The third-order valence-electron chi connectivity index (χ3n) is 4.63. The molecule has 2 fully saturated rings. The summed E-state index contributed by atoms with van der Waals surface area (Å²) in [7, 11) is 0. The lowest BCUT2D eigenvalue weighted by molar-refractivity contribution is -0.165. The lowest BCUT2D eigenvalue weighted by atomic mass is 9.51. The predicted molar refractivity (Wildman–Crippen MR) is 74.4 cm³/mol. The van der Waals surface area contributed by atoms with Crippen LogP contribution in [-0.2, 0) is 9.53 Å². The van der Waals surface area contributed by atoms with Gasteiger partial charge in [0, 0.05) is 18.5 Å². The molecule has 1 aliphatic heterocycles. The molecule has 0 bridgehead atoms. The van der Waals surface area contributed by atoms with Gasteiger partial charge in [-0.1, -0.05) is 0 Å². The number of carbonyl (C=O) groups excluding carboxylic acids is 1. The van der Waals surface area contributed by atoms with E-state index in [1.807, 2.05) is 20.8 Å². The summed E-state index contributed by atoms with van der Waals surface area (Å²) in [4.78, 5) is 24.8. The molecule has 2 rings (SSSR count). The van der Waals surface area contributed by atoms with Crippen LogP contribution in [0.5, 0.6) is 0 Å². The Balaban J connectivity index is 1.82. The van der Waals surface area contributed by atoms with Crippen LogP contribution in [0.3, 0.4) is 0 Å². The Morgan fingerprint density at radius 1 is 1.15 bits per heavy atom. The smallest absolute Gasteiger partial charge is 0.410 e. The molecular formula is C15H25NO4. The van der Waals surface area contributed by atoms with Crippen LogP contribution in [0.25, 0.3) is 0 Å². The summed E-state index contributed by atoms with van der Waals surface area (Å²) in [5.74, 6) is -0.526. The lowest BCUT2D eigenvalue weighted by Gasteiger charge is -2.61. The summed E-state index contributed by atoms with van der Waals surface area (Å²) in [6, 6.07) is 0. The van der Waals surface area contributed by atoms with Gasteiger partial charge in [-0.25, -0.2) is 4.79 Å². The fourth-order valence-corrected chi connectivity index (χ4v) is 3.15. The second kappa shape index (κ2) is 4.37. The van der Waals surface area contributed by atoms with Crippen molar-refractivity contribution in [1.29, 1.82) is 0 Å². The van der Waals surface area contributed by atoms with E-state index in [2.05, 4.69) is 0 Å². The van der Waals surface area contributed by atoms with E-state index in [9.17, 15) is 14.7 Å². The molecule has 5 nitrogen and oxygen atoms in total. The summed E-state index contributed by atoms with van der Waals surface area (Å²) in [5.41, 5.74) is -0.987. The predicted octanol–water partition coefficient (Wildman–Crippen LogP) is 2.74. The lowest BCUT2D eigenvalue weighted by Crippen LogP contribution is -2.66. The third kappa shape index (κ3) is 2.63. The minimum absolute atomic E-state index is 0.147. The number of carbonyl (C=O) groups is 2. The van der Waals surface area contributed by atoms with E-state index in [1.54, 1.807) is 18.7 Å². The van der Waals surface area contributed by atoms with Crippen LogP contribution in [0.1, 0.15) is 47.5 Å². The van der Waals surface area contributed by atoms with Crippen molar-refractivity contribution in [2.45, 2.75) is 53.1 Å². The molecule has 20 heavy (non-hydrogen) atoms. The van der Waals surface area contributed by atoms with Gasteiger partial charge in [-0.3, -0.25) is 4.79 Å². The van der Waals surface area contributed by atoms with E-state index >= 15 is 0 Å². The number of rotatable bonds is 2. The molecule has 1 saturated heterocycles. The Morgan fingerprint density at radius 2 is 1.65 bits per heavy atom. The average Bonchev–Trinajstić information content (AvgIpc) is 2.08. The fourth-order valence-electron chi connectivity index (χ4n) is 3.15. The molecule has 0 aromatic rings. The van der Waals surface area contributed by atoms with Gasteiger partial charge in [0.2, 0.25) is 0 Å².